The van der Waals surface area contributed by atoms with Gasteiger partial charge in [0.05, 0.1) is 0 Å². The molecule has 5 heteroatoms. The molecule has 0 saturated heterocycles. The highest BCUT2D eigenvalue weighted by molar-refractivity contribution is 6.30. The minimum atomic E-state index is -0.235. The summed E-state index contributed by atoms with van der Waals surface area (Å²) < 4.78 is 0. The number of rotatable bonds is 5. The second kappa shape index (κ2) is 7.81. The van der Waals surface area contributed by atoms with Gasteiger partial charge < -0.3 is 10.6 Å². The molecular formula is C20H18ClN3O. The van der Waals surface area contributed by atoms with Gasteiger partial charge in [0.1, 0.15) is 5.69 Å². The molecule has 0 spiro atoms. The number of aromatic nitrogens is 1. The van der Waals surface area contributed by atoms with E-state index in [1.807, 2.05) is 61.5 Å². The lowest BCUT2D eigenvalue weighted by Gasteiger charge is -2.09. The van der Waals surface area contributed by atoms with Crippen molar-refractivity contribution in [2.45, 2.75) is 13.5 Å². The molecule has 2 N–H and O–H groups in total. The van der Waals surface area contributed by atoms with Crippen LogP contribution in [0.1, 0.15) is 21.6 Å². The third-order valence-corrected chi connectivity index (χ3v) is 3.93. The molecule has 1 heterocycles. The number of hydrogen-bond donors (Lipinski definition) is 2. The fourth-order valence-corrected chi connectivity index (χ4v) is 2.51. The Morgan fingerprint density at radius 2 is 1.84 bits per heavy atom. The Hall–Kier alpha value is -2.85. The Labute approximate surface area is 151 Å². The zero-order chi connectivity index (χ0) is 17.6. The van der Waals surface area contributed by atoms with Crippen LogP contribution < -0.4 is 10.6 Å². The molecule has 4 nitrogen and oxygen atoms in total. The van der Waals surface area contributed by atoms with Gasteiger partial charge in [-0.05, 0) is 54.4 Å². The molecule has 0 atom stereocenters. The van der Waals surface area contributed by atoms with E-state index in [2.05, 4.69) is 15.6 Å². The average molecular weight is 352 g/mol. The number of halogens is 1. The standard InChI is InChI=1S/C20H18ClN3O/c1-14-3-2-4-18(11-14)24-20(25)19-12-17(9-10-22-19)23-13-15-5-7-16(21)8-6-15/h2-12H,13H2,1H3,(H,22,23)(H,24,25). The Bertz CT molecular complexity index is 878. The number of hydrogen-bond acceptors (Lipinski definition) is 3. The van der Waals surface area contributed by atoms with E-state index in [1.165, 1.54) is 0 Å². The third-order valence-electron chi connectivity index (χ3n) is 3.68. The topological polar surface area (TPSA) is 54.0 Å². The van der Waals surface area contributed by atoms with Crippen LogP contribution in [0.25, 0.3) is 0 Å². The van der Waals surface area contributed by atoms with Crippen LogP contribution >= 0.6 is 11.6 Å². The summed E-state index contributed by atoms with van der Waals surface area (Å²) in [5.41, 5.74) is 4.14. The molecule has 0 unspecified atom stereocenters. The maximum Gasteiger partial charge on any atom is 0.274 e. The number of nitrogens with one attached hydrogen (secondary N) is 2. The maximum absolute atomic E-state index is 12.4. The summed E-state index contributed by atoms with van der Waals surface area (Å²) >= 11 is 5.89. The molecule has 2 aromatic carbocycles. The van der Waals surface area contributed by atoms with Crippen molar-refractivity contribution in [3.63, 3.8) is 0 Å². The Morgan fingerprint density at radius 1 is 1.04 bits per heavy atom. The fraction of sp³-hybridized carbons (Fsp3) is 0.100. The van der Waals surface area contributed by atoms with Crippen molar-refractivity contribution >= 4 is 28.9 Å². The average Bonchev–Trinajstić information content (AvgIpc) is 2.61. The van der Waals surface area contributed by atoms with Crippen molar-refractivity contribution in [3.8, 4) is 0 Å². The number of aryl methyl sites for hydroxylation is 1. The Balaban J connectivity index is 1.66. The summed E-state index contributed by atoms with van der Waals surface area (Å²) in [6.07, 6.45) is 1.62. The zero-order valence-corrected chi connectivity index (χ0v) is 14.5. The van der Waals surface area contributed by atoms with E-state index in [9.17, 15) is 4.79 Å². The predicted molar refractivity (Wildman–Crippen MR) is 102 cm³/mol. The predicted octanol–water partition coefficient (Wildman–Crippen LogP) is 4.91. The molecule has 0 bridgehead atoms. The van der Waals surface area contributed by atoms with Crippen LogP contribution in [0.2, 0.25) is 5.02 Å². The molecule has 3 aromatic rings. The summed E-state index contributed by atoms with van der Waals surface area (Å²) in [4.78, 5) is 16.5. The highest BCUT2D eigenvalue weighted by atomic mass is 35.5. The first-order valence-corrected chi connectivity index (χ1v) is 8.30. The highest BCUT2D eigenvalue weighted by Crippen LogP contribution is 2.15. The van der Waals surface area contributed by atoms with Crippen molar-refractivity contribution in [1.82, 2.24) is 4.98 Å². The van der Waals surface area contributed by atoms with Crippen LogP contribution in [-0.4, -0.2) is 10.9 Å². The number of nitrogens with zero attached hydrogens (tertiary/aromatic N) is 1. The van der Waals surface area contributed by atoms with Crippen LogP contribution in [-0.2, 0) is 6.54 Å². The van der Waals surface area contributed by atoms with Gasteiger partial charge in [-0.15, -0.1) is 0 Å². The van der Waals surface area contributed by atoms with E-state index in [1.54, 1.807) is 12.3 Å². The minimum absolute atomic E-state index is 0.235. The number of amides is 1. The summed E-state index contributed by atoms with van der Waals surface area (Å²) in [6, 6.07) is 18.9. The molecule has 126 valence electrons. The molecule has 1 aromatic heterocycles. The van der Waals surface area contributed by atoms with Crippen LogP contribution in [0, 0.1) is 6.92 Å². The van der Waals surface area contributed by atoms with Crippen LogP contribution in [0.5, 0.6) is 0 Å². The molecule has 0 radical (unpaired) electrons. The van der Waals surface area contributed by atoms with Gasteiger partial charge in [-0.2, -0.15) is 0 Å². The van der Waals surface area contributed by atoms with E-state index < -0.39 is 0 Å². The van der Waals surface area contributed by atoms with Gasteiger partial charge in [0.15, 0.2) is 0 Å². The minimum Gasteiger partial charge on any atom is -0.381 e. The first-order valence-electron chi connectivity index (χ1n) is 7.92. The molecule has 1 amide bonds. The molecule has 3 rings (SSSR count). The highest BCUT2D eigenvalue weighted by Gasteiger charge is 2.08. The second-order valence-corrected chi connectivity index (χ2v) is 6.17. The van der Waals surface area contributed by atoms with Crippen LogP contribution in [0.15, 0.2) is 66.9 Å². The van der Waals surface area contributed by atoms with E-state index in [0.29, 0.717) is 17.3 Å². The second-order valence-electron chi connectivity index (χ2n) is 5.73. The van der Waals surface area contributed by atoms with Gasteiger partial charge >= 0.3 is 0 Å². The third kappa shape index (κ3) is 4.81. The lowest BCUT2D eigenvalue weighted by molar-refractivity contribution is 0.102. The number of anilines is 2. The normalized spacial score (nSPS) is 10.3. The first kappa shape index (κ1) is 17.0. The van der Waals surface area contributed by atoms with E-state index >= 15 is 0 Å². The summed E-state index contributed by atoms with van der Waals surface area (Å²) in [5, 5.41) is 6.86. The lowest BCUT2D eigenvalue weighted by Crippen LogP contribution is -2.14. The van der Waals surface area contributed by atoms with Gasteiger partial charge in [-0.3, -0.25) is 9.78 Å². The number of carbonyl (C=O) groups excluding carboxylic acids is 1. The quantitative estimate of drug-likeness (QED) is 0.686. The lowest BCUT2D eigenvalue weighted by atomic mass is 10.2. The molecule has 0 saturated carbocycles. The van der Waals surface area contributed by atoms with Gasteiger partial charge in [0, 0.05) is 29.1 Å². The Morgan fingerprint density at radius 3 is 2.60 bits per heavy atom. The maximum atomic E-state index is 12.4. The van der Waals surface area contributed by atoms with Crippen LogP contribution in [0.4, 0.5) is 11.4 Å². The molecule has 25 heavy (non-hydrogen) atoms. The van der Waals surface area contributed by atoms with Gasteiger partial charge in [0.2, 0.25) is 0 Å². The molecule has 0 fully saturated rings. The number of pyridine rings is 1. The smallest absolute Gasteiger partial charge is 0.274 e. The summed E-state index contributed by atoms with van der Waals surface area (Å²) in [6.45, 7) is 2.62. The van der Waals surface area contributed by atoms with Crippen LogP contribution in [0.3, 0.4) is 0 Å². The summed E-state index contributed by atoms with van der Waals surface area (Å²) in [5.74, 6) is -0.235. The van der Waals surface area contributed by atoms with Crippen molar-refractivity contribution in [1.29, 1.82) is 0 Å². The van der Waals surface area contributed by atoms with E-state index in [0.717, 1.165) is 22.5 Å². The first-order chi connectivity index (χ1) is 12.1. The number of carbonyl (C=O) groups is 1. The fourth-order valence-electron chi connectivity index (χ4n) is 2.39. The van der Waals surface area contributed by atoms with Crippen molar-refractivity contribution in [2.75, 3.05) is 10.6 Å². The van der Waals surface area contributed by atoms with Crippen molar-refractivity contribution in [3.05, 3.63) is 88.7 Å². The van der Waals surface area contributed by atoms with Gasteiger partial charge in [-0.1, -0.05) is 35.9 Å². The van der Waals surface area contributed by atoms with Crippen molar-refractivity contribution in [2.24, 2.45) is 0 Å². The zero-order valence-electron chi connectivity index (χ0n) is 13.8. The monoisotopic (exact) mass is 351 g/mol. The SMILES string of the molecule is Cc1cccc(NC(=O)c2cc(NCc3ccc(Cl)cc3)ccn2)c1. The van der Waals surface area contributed by atoms with Crippen molar-refractivity contribution < 1.29 is 4.79 Å². The molecular weight excluding hydrogens is 334 g/mol. The Kier molecular flexibility index (Phi) is 5.31. The molecule has 0 aliphatic heterocycles. The number of benzene rings is 2. The molecule has 0 aliphatic rings. The summed E-state index contributed by atoms with van der Waals surface area (Å²) in [7, 11) is 0. The van der Waals surface area contributed by atoms with Gasteiger partial charge in [0.25, 0.3) is 5.91 Å². The largest absolute Gasteiger partial charge is 0.381 e. The van der Waals surface area contributed by atoms with E-state index in [4.69, 9.17) is 11.6 Å². The van der Waals surface area contributed by atoms with Gasteiger partial charge in [-0.25, -0.2) is 0 Å². The molecule has 0 aliphatic carbocycles. The van der Waals surface area contributed by atoms with E-state index in [-0.39, 0.29) is 5.91 Å².